The molecule has 9 nitrogen and oxygen atoms in total. The van der Waals surface area contributed by atoms with Crippen molar-refractivity contribution in [2.75, 3.05) is 7.11 Å². The largest absolute Gasteiger partial charge is 0.497 e. The molecular formula is C24H19N3O6. The summed E-state index contributed by atoms with van der Waals surface area (Å²) in [4.78, 5) is 34.7. The van der Waals surface area contributed by atoms with Gasteiger partial charge in [0.1, 0.15) is 17.1 Å². The van der Waals surface area contributed by atoms with E-state index in [1.807, 2.05) is 0 Å². The quantitative estimate of drug-likeness (QED) is 0.140. The van der Waals surface area contributed by atoms with Gasteiger partial charge < -0.3 is 9.47 Å². The molecule has 0 radical (unpaired) electrons. The Morgan fingerprint density at radius 1 is 0.970 bits per heavy atom. The molecule has 0 aliphatic carbocycles. The predicted molar refractivity (Wildman–Crippen MR) is 122 cm³/mol. The first-order chi connectivity index (χ1) is 16.0. The lowest BCUT2D eigenvalue weighted by Gasteiger charge is -2.03. The van der Waals surface area contributed by atoms with Gasteiger partial charge in [0.25, 0.3) is 11.6 Å². The summed E-state index contributed by atoms with van der Waals surface area (Å²) in [5, 5.41) is 14.9. The summed E-state index contributed by atoms with van der Waals surface area (Å²) >= 11 is 0. The van der Waals surface area contributed by atoms with E-state index in [9.17, 15) is 19.7 Å². The van der Waals surface area contributed by atoms with E-state index >= 15 is 0 Å². The summed E-state index contributed by atoms with van der Waals surface area (Å²) in [6, 6.07) is 19.2. The second-order valence-corrected chi connectivity index (χ2v) is 6.57. The van der Waals surface area contributed by atoms with Gasteiger partial charge in [-0.3, -0.25) is 14.9 Å². The molecule has 3 rings (SSSR count). The lowest BCUT2D eigenvalue weighted by Crippen LogP contribution is -2.18. The summed E-state index contributed by atoms with van der Waals surface area (Å²) < 4.78 is 10.4. The van der Waals surface area contributed by atoms with Crippen LogP contribution < -0.4 is 14.9 Å². The van der Waals surface area contributed by atoms with Gasteiger partial charge in [-0.2, -0.15) is 5.10 Å². The van der Waals surface area contributed by atoms with Crippen LogP contribution in [0, 0.1) is 10.1 Å². The zero-order valence-electron chi connectivity index (χ0n) is 17.5. The average Bonchev–Trinajstić information content (AvgIpc) is 2.83. The van der Waals surface area contributed by atoms with Gasteiger partial charge in [-0.05, 0) is 47.5 Å². The number of amides is 1. The number of esters is 1. The van der Waals surface area contributed by atoms with Crippen LogP contribution in [0.4, 0.5) is 5.69 Å². The minimum Gasteiger partial charge on any atom is -0.497 e. The number of benzene rings is 3. The zero-order chi connectivity index (χ0) is 23.6. The number of methoxy groups -OCH3 is 1. The summed E-state index contributed by atoms with van der Waals surface area (Å²) in [7, 11) is 1.57. The zero-order valence-corrected chi connectivity index (χ0v) is 17.5. The predicted octanol–water partition coefficient (Wildman–Crippen LogP) is 3.99. The number of carbonyl (C=O) groups is 2. The molecule has 0 unspecified atom stereocenters. The van der Waals surface area contributed by atoms with Crippen molar-refractivity contribution >= 4 is 29.9 Å². The Kier molecular flexibility index (Phi) is 7.63. The molecule has 0 spiro atoms. The first-order valence-corrected chi connectivity index (χ1v) is 9.67. The van der Waals surface area contributed by atoms with Gasteiger partial charge in [-0.1, -0.05) is 36.4 Å². The van der Waals surface area contributed by atoms with Crippen molar-refractivity contribution in [3.63, 3.8) is 0 Å². The Morgan fingerprint density at radius 3 is 2.45 bits per heavy atom. The fourth-order valence-electron chi connectivity index (χ4n) is 2.74. The fraction of sp³-hybridized carbons (Fsp3) is 0.0417. The molecule has 0 aliphatic rings. The molecule has 9 heteroatoms. The minimum absolute atomic E-state index is 0.106. The number of nitrogens with one attached hydrogen (secondary N) is 1. The van der Waals surface area contributed by atoms with E-state index in [-0.39, 0.29) is 17.0 Å². The summed E-state index contributed by atoms with van der Waals surface area (Å²) in [6.07, 6.45) is 4.25. The van der Waals surface area contributed by atoms with E-state index in [0.717, 1.165) is 5.56 Å². The number of hydrogen-bond donors (Lipinski definition) is 1. The van der Waals surface area contributed by atoms with Crippen LogP contribution in [0.15, 0.2) is 84.0 Å². The molecule has 166 valence electrons. The second-order valence-electron chi connectivity index (χ2n) is 6.57. The van der Waals surface area contributed by atoms with E-state index in [1.54, 1.807) is 61.7 Å². The molecule has 0 aliphatic heterocycles. The summed E-state index contributed by atoms with van der Waals surface area (Å²) in [5.41, 5.74) is 3.18. The fourth-order valence-corrected chi connectivity index (χ4v) is 2.74. The normalized spacial score (nSPS) is 10.8. The van der Waals surface area contributed by atoms with E-state index < -0.39 is 16.8 Å². The molecule has 0 bridgehead atoms. The van der Waals surface area contributed by atoms with Crippen molar-refractivity contribution in [1.29, 1.82) is 0 Å². The van der Waals surface area contributed by atoms with Gasteiger partial charge in [0.15, 0.2) is 0 Å². The van der Waals surface area contributed by atoms with Crippen molar-refractivity contribution in [3.8, 4) is 11.5 Å². The maximum Gasteiger partial charge on any atom is 0.336 e. The van der Waals surface area contributed by atoms with E-state index in [1.165, 1.54) is 36.6 Å². The molecule has 0 fully saturated rings. The Hall–Kier alpha value is -4.79. The maximum absolute atomic E-state index is 12.2. The van der Waals surface area contributed by atoms with Gasteiger partial charge in [0, 0.05) is 12.1 Å². The van der Waals surface area contributed by atoms with Crippen LogP contribution in [0.2, 0.25) is 0 Å². The minimum atomic E-state index is -0.718. The Bertz CT molecular complexity index is 1220. The Labute approximate surface area is 189 Å². The maximum atomic E-state index is 12.2. The number of hydrogen-bond acceptors (Lipinski definition) is 7. The number of nitro benzene ring substituents is 1. The Morgan fingerprint density at radius 2 is 1.73 bits per heavy atom. The Balaban J connectivity index is 1.59. The number of ether oxygens (including phenoxy) is 2. The first kappa shape index (κ1) is 22.9. The highest BCUT2D eigenvalue weighted by Crippen LogP contribution is 2.17. The molecule has 0 saturated heterocycles. The van der Waals surface area contributed by atoms with Crippen LogP contribution in [0.5, 0.6) is 11.5 Å². The SMILES string of the molecule is COc1ccc(C=CC(=O)Oc2cccc(C=NNC(=O)c3ccccc3[N+](=O)[O-])c2)cc1. The van der Waals surface area contributed by atoms with Gasteiger partial charge >= 0.3 is 5.97 Å². The average molecular weight is 445 g/mol. The third-order valence-corrected chi connectivity index (χ3v) is 4.33. The van der Waals surface area contributed by atoms with Gasteiger partial charge in [-0.25, -0.2) is 10.2 Å². The molecule has 0 saturated carbocycles. The molecule has 1 amide bonds. The van der Waals surface area contributed by atoms with Gasteiger partial charge in [0.05, 0.1) is 18.2 Å². The van der Waals surface area contributed by atoms with Gasteiger partial charge in [-0.15, -0.1) is 0 Å². The molecule has 0 atom stereocenters. The highest BCUT2D eigenvalue weighted by atomic mass is 16.6. The highest BCUT2D eigenvalue weighted by molar-refractivity contribution is 5.98. The highest BCUT2D eigenvalue weighted by Gasteiger charge is 2.18. The van der Waals surface area contributed by atoms with Crippen LogP contribution in [0.1, 0.15) is 21.5 Å². The number of hydrazone groups is 1. The van der Waals surface area contributed by atoms with Crippen molar-refractivity contribution in [1.82, 2.24) is 5.43 Å². The molecule has 3 aromatic rings. The van der Waals surface area contributed by atoms with Crippen LogP contribution in [0.25, 0.3) is 6.08 Å². The third-order valence-electron chi connectivity index (χ3n) is 4.33. The van der Waals surface area contributed by atoms with Crippen LogP contribution in [0.3, 0.4) is 0 Å². The molecule has 0 aromatic heterocycles. The third kappa shape index (κ3) is 6.59. The number of nitrogens with zero attached hydrogens (tertiary/aromatic N) is 2. The topological polar surface area (TPSA) is 120 Å². The molecular weight excluding hydrogens is 426 g/mol. The van der Waals surface area contributed by atoms with Crippen LogP contribution >= 0.6 is 0 Å². The molecule has 33 heavy (non-hydrogen) atoms. The smallest absolute Gasteiger partial charge is 0.336 e. The molecule has 0 heterocycles. The van der Waals surface area contributed by atoms with Gasteiger partial charge in [0.2, 0.25) is 0 Å². The van der Waals surface area contributed by atoms with Crippen molar-refractivity contribution < 1.29 is 24.0 Å². The number of carbonyl (C=O) groups excluding carboxylic acids is 2. The molecule has 1 N–H and O–H groups in total. The standard InChI is InChI=1S/C24H19N3O6/c1-32-19-12-9-17(10-13-19)11-14-23(28)33-20-6-4-5-18(15-20)16-25-26-24(29)21-7-2-3-8-22(21)27(30)31/h2-16H,1H3,(H,26,29). The lowest BCUT2D eigenvalue weighted by atomic mass is 10.2. The van der Waals surface area contributed by atoms with E-state index in [2.05, 4.69) is 10.5 Å². The summed E-state index contributed by atoms with van der Waals surface area (Å²) in [5.74, 6) is -0.283. The lowest BCUT2D eigenvalue weighted by molar-refractivity contribution is -0.385. The van der Waals surface area contributed by atoms with Crippen LogP contribution in [-0.2, 0) is 4.79 Å². The molecule has 3 aromatic carbocycles. The van der Waals surface area contributed by atoms with Crippen molar-refractivity contribution in [3.05, 3.63) is 106 Å². The number of para-hydroxylation sites is 1. The van der Waals surface area contributed by atoms with E-state index in [0.29, 0.717) is 11.3 Å². The number of rotatable bonds is 8. The van der Waals surface area contributed by atoms with E-state index in [4.69, 9.17) is 9.47 Å². The second kappa shape index (κ2) is 11.0. The van der Waals surface area contributed by atoms with Crippen LogP contribution in [-0.4, -0.2) is 30.1 Å². The van der Waals surface area contributed by atoms with Crippen molar-refractivity contribution in [2.24, 2.45) is 5.10 Å². The first-order valence-electron chi connectivity index (χ1n) is 9.67. The van der Waals surface area contributed by atoms with Crippen molar-refractivity contribution in [2.45, 2.75) is 0 Å². The monoisotopic (exact) mass is 445 g/mol. The summed E-state index contributed by atoms with van der Waals surface area (Å²) in [6.45, 7) is 0. The number of nitro groups is 1.